The molecule has 22 heavy (non-hydrogen) atoms. The third kappa shape index (κ3) is 3.88. The van der Waals surface area contributed by atoms with E-state index in [4.69, 9.17) is 8.92 Å². The molecule has 0 spiro atoms. The predicted molar refractivity (Wildman–Crippen MR) is 81.6 cm³/mol. The number of benzene rings is 1. The molecule has 0 aliphatic heterocycles. The van der Waals surface area contributed by atoms with Crippen molar-refractivity contribution < 1.29 is 22.1 Å². The zero-order valence-corrected chi connectivity index (χ0v) is 13.6. The molecule has 0 bridgehead atoms. The molecule has 1 aromatic carbocycles. The van der Waals surface area contributed by atoms with E-state index in [1.807, 2.05) is 6.92 Å². The molecule has 0 heterocycles. The third-order valence-corrected chi connectivity index (χ3v) is 4.73. The maximum Gasteiger partial charge on any atom is 0.338 e. The first kappa shape index (κ1) is 16.5. The van der Waals surface area contributed by atoms with Crippen molar-refractivity contribution in [3.63, 3.8) is 0 Å². The number of carbonyl (C=O) groups excluding carboxylic acids is 1. The molecule has 2 rings (SSSR count). The normalized spacial score (nSPS) is 15.5. The molecule has 0 radical (unpaired) electrons. The van der Waals surface area contributed by atoms with Gasteiger partial charge in [0.15, 0.2) is 0 Å². The van der Waals surface area contributed by atoms with Gasteiger partial charge < -0.3 is 8.92 Å². The highest BCUT2D eigenvalue weighted by atomic mass is 32.2. The van der Waals surface area contributed by atoms with Crippen LogP contribution >= 0.6 is 0 Å². The van der Waals surface area contributed by atoms with Crippen LogP contribution in [0.3, 0.4) is 0 Å². The van der Waals surface area contributed by atoms with E-state index in [-0.39, 0.29) is 17.3 Å². The molecule has 0 unspecified atom stereocenters. The van der Waals surface area contributed by atoms with Gasteiger partial charge in [-0.1, -0.05) is 17.7 Å². The van der Waals surface area contributed by atoms with E-state index in [9.17, 15) is 13.2 Å². The molecule has 0 saturated heterocycles. The summed E-state index contributed by atoms with van der Waals surface area (Å²) in [6.45, 7) is 3.84. The average molecular weight is 324 g/mol. The minimum atomic E-state index is -3.92. The van der Waals surface area contributed by atoms with Crippen LogP contribution in [0.1, 0.15) is 38.2 Å². The van der Waals surface area contributed by atoms with E-state index in [0.717, 1.165) is 18.4 Å². The Kier molecular flexibility index (Phi) is 5.24. The largest absolute Gasteiger partial charge is 0.463 e. The molecular formula is C16H20O5S. The van der Waals surface area contributed by atoms with Gasteiger partial charge in [-0.05, 0) is 45.2 Å². The lowest BCUT2D eigenvalue weighted by molar-refractivity contribution is -0.139. The quantitative estimate of drug-likeness (QED) is 0.615. The van der Waals surface area contributed by atoms with Crippen LogP contribution in [-0.2, 0) is 23.8 Å². The van der Waals surface area contributed by atoms with Gasteiger partial charge in [0.25, 0.3) is 0 Å². The Hall–Kier alpha value is -1.82. The highest BCUT2D eigenvalue weighted by molar-refractivity contribution is 7.86. The predicted octanol–water partition coefficient (Wildman–Crippen LogP) is 3.09. The first-order valence-electron chi connectivity index (χ1n) is 7.34. The minimum absolute atomic E-state index is 0.0828. The fourth-order valence-corrected chi connectivity index (χ4v) is 3.30. The monoisotopic (exact) mass is 324 g/mol. The number of allylic oxidation sites excluding steroid dienone is 1. The zero-order chi connectivity index (χ0) is 16.2. The number of hydrogen-bond acceptors (Lipinski definition) is 5. The highest BCUT2D eigenvalue weighted by Gasteiger charge is 2.26. The van der Waals surface area contributed by atoms with Crippen LogP contribution in [-0.4, -0.2) is 21.0 Å². The summed E-state index contributed by atoms with van der Waals surface area (Å²) in [4.78, 5) is 12.0. The van der Waals surface area contributed by atoms with Gasteiger partial charge in [-0.25, -0.2) is 4.79 Å². The molecule has 1 aliphatic carbocycles. The summed E-state index contributed by atoms with van der Waals surface area (Å²) in [6, 6.07) is 6.41. The van der Waals surface area contributed by atoms with E-state index in [0.29, 0.717) is 18.4 Å². The summed E-state index contributed by atoms with van der Waals surface area (Å²) in [5, 5.41) is 0. The molecule has 0 atom stereocenters. The first-order valence-corrected chi connectivity index (χ1v) is 8.75. The van der Waals surface area contributed by atoms with Crippen LogP contribution in [0.4, 0.5) is 0 Å². The Labute approximate surface area is 131 Å². The van der Waals surface area contributed by atoms with Crippen molar-refractivity contribution in [3.8, 4) is 0 Å². The van der Waals surface area contributed by atoms with Gasteiger partial charge >= 0.3 is 16.1 Å². The van der Waals surface area contributed by atoms with Crippen molar-refractivity contribution in [1.29, 1.82) is 0 Å². The van der Waals surface area contributed by atoms with Gasteiger partial charge in [0.2, 0.25) is 0 Å². The maximum absolute atomic E-state index is 12.3. The van der Waals surface area contributed by atoms with E-state index >= 15 is 0 Å². The highest BCUT2D eigenvalue weighted by Crippen LogP contribution is 2.29. The van der Waals surface area contributed by atoms with Crippen LogP contribution in [0, 0.1) is 6.92 Å². The SMILES string of the molecule is CCOC(=O)C1=C(OS(=O)(=O)c2ccc(C)cc2)CCCC1. The van der Waals surface area contributed by atoms with E-state index in [1.165, 1.54) is 12.1 Å². The van der Waals surface area contributed by atoms with Crippen molar-refractivity contribution in [2.75, 3.05) is 6.61 Å². The van der Waals surface area contributed by atoms with Crippen LogP contribution in [0.15, 0.2) is 40.5 Å². The van der Waals surface area contributed by atoms with Gasteiger partial charge in [0.05, 0.1) is 12.2 Å². The summed E-state index contributed by atoms with van der Waals surface area (Å²) in [6.07, 6.45) is 2.53. The van der Waals surface area contributed by atoms with Crippen LogP contribution in [0.2, 0.25) is 0 Å². The molecule has 120 valence electrons. The Morgan fingerprint density at radius 3 is 2.41 bits per heavy atom. The molecule has 6 heteroatoms. The molecule has 5 nitrogen and oxygen atoms in total. The molecule has 0 saturated carbocycles. The van der Waals surface area contributed by atoms with Crippen LogP contribution in [0.5, 0.6) is 0 Å². The standard InChI is InChI=1S/C16H20O5S/c1-3-20-16(17)14-6-4-5-7-15(14)21-22(18,19)13-10-8-12(2)9-11-13/h8-11H,3-7H2,1-2H3. The number of hydrogen-bond donors (Lipinski definition) is 0. The van der Waals surface area contributed by atoms with E-state index in [1.54, 1.807) is 19.1 Å². The van der Waals surface area contributed by atoms with E-state index in [2.05, 4.69) is 0 Å². The Morgan fingerprint density at radius 2 is 1.77 bits per heavy atom. The number of rotatable bonds is 5. The molecule has 0 aromatic heterocycles. The summed E-state index contributed by atoms with van der Waals surface area (Å²) in [5.74, 6) is -0.276. The van der Waals surface area contributed by atoms with Gasteiger partial charge in [0.1, 0.15) is 10.7 Å². The summed E-state index contributed by atoms with van der Waals surface area (Å²) >= 11 is 0. The van der Waals surface area contributed by atoms with Crippen LogP contribution in [0.25, 0.3) is 0 Å². The third-order valence-electron chi connectivity index (χ3n) is 3.46. The lowest BCUT2D eigenvalue weighted by Gasteiger charge is -2.19. The van der Waals surface area contributed by atoms with Crippen molar-refractivity contribution in [2.45, 2.75) is 44.4 Å². The van der Waals surface area contributed by atoms with Gasteiger partial charge in [-0.3, -0.25) is 0 Å². The Morgan fingerprint density at radius 1 is 1.14 bits per heavy atom. The summed E-state index contributed by atoms with van der Waals surface area (Å²) in [5.41, 5.74) is 1.30. The summed E-state index contributed by atoms with van der Waals surface area (Å²) < 4.78 is 34.9. The van der Waals surface area contributed by atoms with Crippen molar-refractivity contribution >= 4 is 16.1 Å². The Bertz CT molecular complexity index is 671. The summed E-state index contributed by atoms with van der Waals surface area (Å²) in [7, 11) is -3.92. The van der Waals surface area contributed by atoms with Crippen molar-refractivity contribution in [2.24, 2.45) is 0 Å². The molecule has 1 aliphatic rings. The zero-order valence-electron chi connectivity index (χ0n) is 12.8. The van der Waals surface area contributed by atoms with Crippen LogP contribution < -0.4 is 0 Å². The molecule has 1 aromatic rings. The van der Waals surface area contributed by atoms with Crippen molar-refractivity contribution in [3.05, 3.63) is 41.2 Å². The molecule has 0 N–H and O–H groups in total. The number of aryl methyl sites for hydroxylation is 1. The fraction of sp³-hybridized carbons (Fsp3) is 0.438. The molecule has 0 amide bonds. The lowest BCUT2D eigenvalue weighted by Crippen LogP contribution is -2.17. The van der Waals surface area contributed by atoms with Gasteiger partial charge in [-0.2, -0.15) is 8.42 Å². The number of esters is 1. The number of carbonyl (C=O) groups is 1. The van der Waals surface area contributed by atoms with Crippen molar-refractivity contribution in [1.82, 2.24) is 0 Å². The van der Waals surface area contributed by atoms with Gasteiger partial charge in [0, 0.05) is 6.42 Å². The van der Waals surface area contributed by atoms with E-state index < -0.39 is 16.1 Å². The first-order chi connectivity index (χ1) is 10.4. The lowest BCUT2D eigenvalue weighted by atomic mass is 9.98. The number of ether oxygens (including phenoxy) is 1. The maximum atomic E-state index is 12.3. The second-order valence-corrected chi connectivity index (χ2v) is 6.73. The van der Waals surface area contributed by atoms with Gasteiger partial charge in [-0.15, -0.1) is 0 Å². The molecular weight excluding hydrogens is 304 g/mol. The topological polar surface area (TPSA) is 69.7 Å². The molecule has 0 fully saturated rings. The second-order valence-electron chi connectivity index (χ2n) is 5.18. The fourth-order valence-electron chi connectivity index (χ4n) is 2.29. The average Bonchev–Trinajstić information content (AvgIpc) is 2.48. The smallest absolute Gasteiger partial charge is 0.338 e. The Balaban J connectivity index is 2.29. The second kappa shape index (κ2) is 6.96. The minimum Gasteiger partial charge on any atom is -0.463 e.